The molecule has 140 valence electrons. The first-order chi connectivity index (χ1) is 12.6. The van der Waals surface area contributed by atoms with Gasteiger partial charge in [-0.25, -0.2) is 0 Å². The minimum absolute atomic E-state index is 0.0495. The van der Waals surface area contributed by atoms with Crippen LogP contribution in [0.25, 0.3) is 0 Å². The molecule has 2 rings (SSSR count). The van der Waals surface area contributed by atoms with Crippen LogP contribution in [-0.2, 0) is 10.1 Å². The number of hydrogen-bond donors (Lipinski definition) is 4. The van der Waals surface area contributed by atoms with Crippen molar-refractivity contribution >= 4 is 50.6 Å². The van der Waals surface area contributed by atoms with E-state index >= 15 is 0 Å². The zero-order chi connectivity index (χ0) is 20.2. The van der Waals surface area contributed by atoms with Gasteiger partial charge in [-0.1, -0.05) is 23.2 Å². The van der Waals surface area contributed by atoms with E-state index in [1.807, 2.05) is 0 Å². The van der Waals surface area contributed by atoms with Crippen LogP contribution in [-0.4, -0.2) is 24.5 Å². The Balaban J connectivity index is 2.42. The van der Waals surface area contributed by atoms with Crippen LogP contribution in [0.5, 0.6) is 11.5 Å². The quantitative estimate of drug-likeness (QED) is 0.238. The summed E-state index contributed by atoms with van der Waals surface area (Å²) >= 11 is 11.8. The Morgan fingerprint density at radius 2 is 2.00 bits per heavy atom. The van der Waals surface area contributed by atoms with Crippen molar-refractivity contribution in [3.8, 4) is 17.6 Å². The molecule has 0 bridgehead atoms. The first kappa shape index (κ1) is 20.5. The number of hydrogen-bond acceptors (Lipinski definition) is 7. The van der Waals surface area contributed by atoms with Gasteiger partial charge >= 0.3 is 0 Å². The summed E-state index contributed by atoms with van der Waals surface area (Å²) in [5.74, 6) is -0.353. The van der Waals surface area contributed by atoms with E-state index in [2.05, 4.69) is 10.5 Å². The van der Waals surface area contributed by atoms with Crippen LogP contribution in [0, 0.1) is 16.7 Å². The van der Waals surface area contributed by atoms with Crippen LogP contribution >= 0.6 is 23.2 Å². The first-order valence-electron chi connectivity index (χ1n) is 6.94. The number of nitrogens with zero attached hydrogens (tertiary/aromatic N) is 2. The normalized spacial score (nSPS) is 11.6. The zero-order valence-electron chi connectivity index (χ0n) is 13.3. The highest BCUT2D eigenvalue weighted by Gasteiger charge is 2.18. The number of nitrogens with one attached hydrogen (secondary N) is 2. The summed E-state index contributed by atoms with van der Waals surface area (Å²) in [6, 6.07) is 9.65. The maximum atomic E-state index is 11.7. The number of nitriles is 1. The Hall–Kier alpha value is -2.84. The van der Waals surface area contributed by atoms with Crippen molar-refractivity contribution in [2.45, 2.75) is 4.90 Å². The molecule has 0 aliphatic heterocycles. The van der Waals surface area contributed by atoms with Gasteiger partial charge in [-0.3, -0.25) is 15.4 Å². The van der Waals surface area contributed by atoms with Crippen molar-refractivity contribution in [3.63, 3.8) is 0 Å². The Bertz CT molecular complexity index is 1080. The fraction of sp³-hybridized carbons (Fsp3) is 0. The number of halogens is 2. The molecule has 0 atom stereocenters. The largest absolute Gasteiger partial charge is 0.456 e. The second kappa shape index (κ2) is 8.24. The van der Waals surface area contributed by atoms with Gasteiger partial charge in [0.15, 0.2) is 5.84 Å². The average Bonchev–Trinajstić information content (AvgIpc) is 2.57. The molecule has 0 radical (unpaired) electrons. The highest BCUT2D eigenvalue weighted by molar-refractivity contribution is 7.86. The molecule has 27 heavy (non-hydrogen) atoms. The molecule has 0 amide bonds. The highest BCUT2D eigenvalue weighted by atomic mass is 35.5. The maximum Gasteiger partial charge on any atom is 0.296 e. The van der Waals surface area contributed by atoms with Gasteiger partial charge in [0, 0.05) is 11.1 Å². The molecule has 2 aromatic carbocycles. The number of rotatable bonds is 6. The van der Waals surface area contributed by atoms with Crippen LogP contribution < -0.4 is 15.9 Å². The third kappa shape index (κ3) is 5.32. The monoisotopic (exact) mass is 427 g/mol. The van der Waals surface area contributed by atoms with Gasteiger partial charge in [0.05, 0.1) is 10.7 Å². The lowest BCUT2D eigenvalue weighted by Crippen LogP contribution is -2.22. The third-order valence-electron chi connectivity index (χ3n) is 3.00. The van der Waals surface area contributed by atoms with Gasteiger partial charge < -0.3 is 10.5 Å². The van der Waals surface area contributed by atoms with Crippen molar-refractivity contribution in [3.05, 3.63) is 46.4 Å². The third-order valence-corrected chi connectivity index (χ3v) is 4.43. The number of ether oxygens (including phenoxy) is 1. The van der Waals surface area contributed by atoms with Gasteiger partial charge in [0.2, 0.25) is 5.71 Å². The van der Waals surface area contributed by atoms with E-state index in [1.165, 1.54) is 30.3 Å². The van der Waals surface area contributed by atoms with Crippen molar-refractivity contribution in [1.29, 1.82) is 10.7 Å². The van der Waals surface area contributed by atoms with Gasteiger partial charge in [-0.15, -0.1) is 0 Å². The molecule has 2 aromatic rings. The molecule has 0 aliphatic carbocycles. The van der Waals surface area contributed by atoms with Crippen LogP contribution in [0.3, 0.4) is 0 Å². The van der Waals surface area contributed by atoms with Crippen molar-refractivity contribution < 1.29 is 17.7 Å². The Labute approximate surface area is 164 Å². The molecular weight excluding hydrogens is 417 g/mol. The second-order valence-electron chi connectivity index (χ2n) is 4.91. The van der Waals surface area contributed by atoms with Crippen molar-refractivity contribution in [2.24, 2.45) is 10.8 Å². The molecule has 0 heterocycles. The molecule has 0 spiro atoms. The van der Waals surface area contributed by atoms with Crippen LogP contribution in [0.2, 0.25) is 10.0 Å². The summed E-state index contributed by atoms with van der Waals surface area (Å²) in [5, 5.41) is 20.1. The summed E-state index contributed by atoms with van der Waals surface area (Å²) in [7, 11) is -4.67. The highest BCUT2D eigenvalue weighted by Crippen LogP contribution is 2.34. The minimum atomic E-state index is -4.67. The Kier molecular flexibility index (Phi) is 6.24. The standard InChI is InChI=1S/C15H11Cl2N5O4S/c16-8-1-4-13(10(17)5-8)26-9-2-3-11(14(6-9)27(23,24)25)21-22-12(7-18)15(19)20/h1-6,21H,(H3,19,20)(H,23,24,25)/b22-12+. The molecule has 0 unspecified atom stereocenters. The fourth-order valence-corrected chi connectivity index (χ4v) is 2.92. The summed E-state index contributed by atoms with van der Waals surface area (Å²) in [6.07, 6.45) is 0. The Morgan fingerprint density at radius 3 is 2.56 bits per heavy atom. The van der Waals surface area contributed by atoms with E-state index in [-0.39, 0.29) is 22.2 Å². The summed E-state index contributed by atoms with van der Waals surface area (Å²) < 4.78 is 38.2. The smallest absolute Gasteiger partial charge is 0.296 e. The van der Waals surface area contributed by atoms with Gasteiger partial charge in [0.1, 0.15) is 22.5 Å². The van der Waals surface area contributed by atoms with E-state index < -0.39 is 26.6 Å². The van der Waals surface area contributed by atoms with E-state index in [4.69, 9.17) is 44.3 Å². The van der Waals surface area contributed by atoms with Gasteiger partial charge in [0.25, 0.3) is 10.1 Å². The lowest BCUT2D eigenvalue weighted by Gasteiger charge is -2.11. The van der Waals surface area contributed by atoms with Crippen LogP contribution in [0.1, 0.15) is 0 Å². The SMILES string of the molecule is N#C/C(=N\Nc1ccc(Oc2ccc(Cl)cc2Cl)cc1S(=O)(=O)O)C(=N)N. The van der Waals surface area contributed by atoms with Crippen molar-refractivity contribution in [1.82, 2.24) is 0 Å². The van der Waals surface area contributed by atoms with Gasteiger partial charge in [-0.2, -0.15) is 18.8 Å². The fourth-order valence-electron chi connectivity index (χ4n) is 1.82. The van der Waals surface area contributed by atoms with E-state index in [9.17, 15) is 13.0 Å². The van der Waals surface area contributed by atoms with Crippen molar-refractivity contribution in [2.75, 3.05) is 5.43 Å². The summed E-state index contributed by atoms with van der Waals surface area (Å²) in [4.78, 5) is -0.574. The molecule has 0 saturated heterocycles. The molecule has 0 aromatic heterocycles. The number of benzene rings is 2. The topological polar surface area (TPSA) is 162 Å². The molecule has 9 nitrogen and oxygen atoms in total. The molecular formula is C15H11Cl2N5O4S. The molecule has 5 N–H and O–H groups in total. The van der Waals surface area contributed by atoms with Crippen LogP contribution in [0.15, 0.2) is 46.4 Å². The molecule has 0 fully saturated rings. The first-order valence-corrected chi connectivity index (χ1v) is 9.14. The van der Waals surface area contributed by atoms with E-state index in [0.29, 0.717) is 5.02 Å². The van der Waals surface area contributed by atoms with Gasteiger partial charge in [-0.05, 0) is 30.3 Å². The van der Waals surface area contributed by atoms with Crippen LogP contribution in [0.4, 0.5) is 5.69 Å². The zero-order valence-corrected chi connectivity index (χ0v) is 15.6. The second-order valence-corrected chi connectivity index (χ2v) is 7.14. The number of nitrogens with two attached hydrogens (primary N) is 1. The summed E-state index contributed by atoms with van der Waals surface area (Å²) in [6.45, 7) is 0. The number of anilines is 1. The predicted octanol–water partition coefficient (Wildman–Crippen LogP) is 3.26. The molecule has 0 saturated carbocycles. The molecule has 12 heteroatoms. The van der Waals surface area contributed by atoms with E-state index in [0.717, 1.165) is 6.07 Å². The predicted molar refractivity (Wildman–Crippen MR) is 101 cm³/mol. The number of hydrazone groups is 1. The lowest BCUT2D eigenvalue weighted by molar-refractivity contribution is 0.472. The Morgan fingerprint density at radius 1 is 1.30 bits per heavy atom. The maximum absolute atomic E-state index is 11.7. The molecule has 0 aliphatic rings. The lowest BCUT2D eigenvalue weighted by atomic mass is 10.3. The van der Waals surface area contributed by atoms with E-state index in [1.54, 1.807) is 6.07 Å². The summed E-state index contributed by atoms with van der Waals surface area (Å²) in [5.41, 5.74) is 6.79. The minimum Gasteiger partial charge on any atom is -0.456 e. The number of amidine groups is 1. The average molecular weight is 428 g/mol.